The Labute approximate surface area is 205 Å². The largest absolute Gasteiger partial charge is 0.416 e. The average molecular weight is 545 g/mol. The van der Waals surface area contributed by atoms with Crippen LogP contribution in [0.1, 0.15) is 15.9 Å². The van der Waals surface area contributed by atoms with E-state index < -0.39 is 27.7 Å². The van der Waals surface area contributed by atoms with Gasteiger partial charge in [-0.2, -0.15) is 18.3 Å². The number of alkyl halides is 3. The summed E-state index contributed by atoms with van der Waals surface area (Å²) >= 11 is 6.89. The molecule has 0 unspecified atom stereocenters. The number of nitrogens with one attached hydrogen (secondary N) is 2. The summed E-state index contributed by atoms with van der Waals surface area (Å²) in [5, 5.41) is 6.60. The number of halogens is 4. The molecular formula is C20H16ClF3N6O3S2. The maximum Gasteiger partial charge on any atom is 0.416 e. The van der Waals surface area contributed by atoms with Crippen LogP contribution in [0.3, 0.4) is 0 Å². The number of hydrogen-bond donors (Lipinski definition) is 3. The molecule has 4 aromatic rings. The number of hydrogen-bond acceptors (Lipinski definition) is 7. The minimum absolute atomic E-state index is 0.0366. The van der Waals surface area contributed by atoms with Gasteiger partial charge in [0, 0.05) is 24.8 Å². The van der Waals surface area contributed by atoms with Gasteiger partial charge in [-0.05, 0) is 24.3 Å². The number of anilines is 1. The van der Waals surface area contributed by atoms with Gasteiger partial charge in [0.15, 0.2) is 5.65 Å². The third kappa shape index (κ3) is 5.31. The number of carbonyl (C=O) groups is 1. The molecule has 1 amide bonds. The number of fused-ring (bicyclic) bond motifs is 1. The molecule has 15 heteroatoms. The van der Waals surface area contributed by atoms with Crippen molar-refractivity contribution in [1.29, 1.82) is 0 Å². The normalized spacial score (nSPS) is 12.3. The minimum Gasteiger partial charge on any atom is -0.329 e. The molecule has 35 heavy (non-hydrogen) atoms. The Kier molecular flexibility index (Phi) is 6.83. The Bertz CT molecular complexity index is 1500. The predicted molar refractivity (Wildman–Crippen MR) is 125 cm³/mol. The molecule has 3 heterocycles. The highest BCUT2D eigenvalue weighted by Gasteiger charge is 2.30. The quantitative estimate of drug-likeness (QED) is 0.326. The van der Waals surface area contributed by atoms with E-state index in [9.17, 15) is 26.4 Å². The summed E-state index contributed by atoms with van der Waals surface area (Å²) in [5.41, 5.74) is 5.53. The van der Waals surface area contributed by atoms with E-state index in [1.54, 1.807) is 6.07 Å². The number of thiophene rings is 1. The second kappa shape index (κ2) is 9.54. The van der Waals surface area contributed by atoms with Crippen LogP contribution < -0.4 is 15.8 Å². The molecule has 0 aliphatic rings. The Hall–Kier alpha value is -3.04. The van der Waals surface area contributed by atoms with E-state index >= 15 is 0 Å². The number of nitrogens with zero attached hydrogens (tertiary/aromatic N) is 3. The molecule has 4 N–H and O–H groups in total. The van der Waals surface area contributed by atoms with Crippen LogP contribution in [0.5, 0.6) is 0 Å². The van der Waals surface area contributed by atoms with Crippen LogP contribution in [0, 0.1) is 0 Å². The summed E-state index contributed by atoms with van der Waals surface area (Å²) in [6.07, 6.45) is -1.69. The fourth-order valence-electron chi connectivity index (χ4n) is 3.04. The summed E-state index contributed by atoms with van der Waals surface area (Å²) < 4.78 is 66.6. The molecule has 0 atom stereocenters. The second-order valence-electron chi connectivity index (χ2n) is 7.11. The Morgan fingerprint density at radius 1 is 1.20 bits per heavy atom. The number of carbonyl (C=O) groups excluding carboxylic acids is 1. The summed E-state index contributed by atoms with van der Waals surface area (Å²) in [6, 6.07) is 7.21. The van der Waals surface area contributed by atoms with Crippen LogP contribution in [-0.4, -0.2) is 42.0 Å². The summed E-state index contributed by atoms with van der Waals surface area (Å²) in [5.74, 6) is -0.657. The zero-order valence-electron chi connectivity index (χ0n) is 17.5. The molecule has 3 aromatic heterocycles. The standard InChI is InChI=1S/C20H16ClF3N6O3S2/c21-17-15(9-16(34-17)35(32,33)27-7-6-25)29-19(31)13-10-26-30-8-5-14(28-18(13)30)11-1-3-12(4-2-11)20(22,23)24/h1-5,8-10,27H,6-7,25H2,(H,29,31). The number of sulfonamides is 1. The van der Waals surface area contributed by atoms with Gasteiger partial charge < -0.3 is 11.1 Å². The monoisotopic (exact) mass is 544 g/mol. The Morgan fingerprint density at radius 3 is 2.57 bits per heavy atom. The first-order chi connectivity index (χ1) is 16.5. The van der Waals surface area contributed by atoms with Gasteiger partial charge in [-0.3, -0.25) is 4.79 Å². The predicted octanol–water partition coefficient (Wildman–Crippen LogP) is 3.62. The van der Waals surface area contributed by atoms with E-state index in [1.165, 1.54) is 35.1 Å². The number of rotatable bonds is 7. The zero-order valence-corrected chi connectivity index (χ0v) is 19.9. The van der Waals surface area contributed by atoms with Crippen LogP contribution in [0.4, 0.5) is 18.9 Å². The first-order valence-corrected chi connectivity index (χ1v) is 12.5. The van der Waals surface area contributed by atoms with E-state index in [0.717, 1.165) is 23.5 Å². The SMILES string of the molecule is NCCNS(=O)(=O)c1cc(NC(=O)c2cnn3ccc(-c4ccc(C(F)(F)F)cc4)nc23)c(Cl)s1. The van der Waals surface area contributed by atoms with Crippen LogP contribution in [-0.2, 0) is 16.2 Å². The smallest absolute Gasteiger partial charge is 0.329 e. The number of benzene rings is 1. The van der Waals surface area contributed by atoms with Crippen molar-refractivity contribution in [2.24, 2.45) is 5.73 Å². The van der Waals surface area contributed by atoms with Crippen molar-refractivity contribution in [2.75, 3.05) is 18.4 Å². The van der Waals surface area contributed by atoms with Gasteiger partial charge >= 0.3 is 6.18 Å². The third-order valence-electron chi connectivity index (χ3n) is 4.74. The fourth-order valence-corrected chi connectivity index (χ4v) is 5.77. The molecule has 0 bridgehead atoms. The van der Waals surface area contributed by atoms with E-state index in [1.807, 2.05) is 0 Å². The molecule has 0 saturated carbocycles. The van der Waals surface area contributed by atoms with Gasteiger partial charge in [-0.25, -0.2) is 22.6 Å². The Balaban J connectivity index is 1.61. The molecule has 0 aliphatic heterocycles. The fraction of sp³-hybridized carbons (Fsp3) is 0.150. The van der Waals surface area contributed by atoms with Gasteiger partial charge in [0.05, 0.1) is 23.1 Å². The van der Waals surface area contributed by atoms with E-state index in [0.29, 0.717) is 11.3 Å². The molecule has 4 rings (SSSR count). The van der Waals surface area contributed by atoms with Gasteiger partial charge in [0.1, 0.15) is 14.1 Å². The van der Waals surface area contributed by atoms with Crippen molar-refractivity contribution >= 4 is 50.2 Å². The highest BCUT2D eigenvalue weighted by molar-refractivity contribution is 7.91. The topological polar surface area (TPSA) is 131 Å². The van der Waals surface area contributed by atoms with E-state index in [2.05, 4.69) is 20.1 Å². The van der Waals surface area contributed by atoms with Crippen LogP contribution >= 0.6 is 22.9 Å². The van der Waals surface area contributed by atoms with E-state index in [-0.39, 0.29) is 38.5 Å². The lowest BCUT2D eigenvalue weighted by molar-refractivity contribution is -0.137. The number of nitrogens with two attached hydrogens (primary N) is 1. The lowest BCUT2D eigenvalue weighted by Crippen LogP contribution is -2.28. The molecule has 0 radical (unpaired) electrons. The van der Waals surface area contributed by atoms with Crippen molar-refractivity contribution in [1.82, 2.24) is 19.3 Å². The van der Waals surface area contributed by atoms with Gasteiger partial charge in [0.25, 0.3) is 5.91 Å². The first kappa shape index (κ1) is 25.1. The maximum absolute atomic E-state index is 12.9. The van der Waals surface area contributed by atoms with Crippen molar-refractivity contribution in [2.45, 2.75) is 10.4 Å². The molecule has 0 spiro atoms. The molecule has 9 nitrogen and oxygen atoms in total. The van der Waals surface area contributed by atoms with Gasteiger partial charge in [-0.15, -0.1) is 11.3 Å². The summed E-state index contributed by atoms with van der Waals surface area (Å²) in [4.78, 5) is 17.3. The summed E-state index contributed by atoms with van der Waals surface area (Å²) in [7, 11) is -3.84. The molecule has 0 aliphatic carbocycles. The zero-order chi connectivity index (χ0) is 25.4. The minimum atomic E-state index is -4.46. The molecule has 1 aromatic carbocycles. The molecule has 0 saturated heterocycles. The lowest BCUT2D eigenvalue weighted by Gasteiger charge is -2.08. The van der Waals surface area contributed by atoms with Crippen molar-refractivity contribution in [3.63, 3.8) is 0 Å². The third-order valence-corrected chi connectivity index (χ3v) is 8.03. The van der Waals surface area contributed by atoms with Crippen molar-refractivity contribution in [3.8, 4) is 11.3 Å². The average Bonchev–Trinajstić information content (AvgIpc) is 3.41. The maximum atomic E-state index is 12.9. The van der Waals surface area contributed by atoms with Gasteiger partial charge in [0.2, 0.25) is 10.0 Å². The highest BCUT2D eigenvalue weighted by Crippen LogP contribution is 2.35. The van der Waals surface area contributed by atoms with Gasteiger partial charge in [-0.1, -0.05) is 23.7 Å². The number of amides is 1. The van der Waals surface area contributed by atoms with Crippen molar-refractivity contribution in [3.05, 3.63) is 64.3 Å². The first-order valence-electron chi connectivity index (χ1n) is 9.82. The molecular weight excluding hydrogens is 529 g/mol. The van der Waals surface area contributed by atoms with Crippen LogP contribution in [0.25, 0.3) is 16.9 Å². The van der Waals surface area contributed by atoms with Crippen LogP contribution in [0.2, 0.25) is 4.34 Å². The molecule has 0 fully saturated rings. The lowest BCUT2D eigenvalue weighted by atomic mass is 10.1. The van der Waals surface area contributed by atoms with Crippen LogP contribution in [0.15, 0.2) is 53.0 Å². The van der Waals surface area contributed by atoms with E-state index in [4.69, 9.17) is 17.3 Å². The molecule has 184 valence electrons. The highest BCUT2D eigenvalue weighted by atomic mass is 35.5. The van der Waals surface area contributed by atoms with Crippen molar-refractivity contribution < 1.29 is 26.4 Å². The summed E-state index contributed by atoms with van der Waals surface area (Å²) in [6.45, 7) is 0.146. The number of aromatic nitrogens is 3. The second-order valence-corrected chi connectivity index (χ2v) is 10.8. The Morgan fingerprint density at radius 2 is 1.91 bits per heavy atom.